The Kier molecular flexibility index (Phi) is 10.6. The van der Waals surface area contributed by atoms with Crippen molar-refractivity contribution in [3.05, 3.63) is 57.7 Å². The molecule has 0 bridgehead atoms. The summed E-state index contributed by atoms with van der Waals surface area (Å²) < 4.78 is 12.0. The van der Waals surface area contributed by atoms with E-state index in [0.717, 1.165) is 27.7 Å². The molecule has 1 N–H and O–H groups in total. The molecule has 0 aromatic heterocycles. The molecule has 1 atom stereocenters. The molecule has 31 heavy (non-hydrogen) atoms. The van der Waals surface area contributed by atoms with Crippen LogP contribution < -0.4 is 14.8 Å². The van der Waals surface area contributed by atoms with E-state index in [4.69, 9.17) is 9.47 Å². The third kappa shape index (κ3) is 8.05. The van der Waals surface area contributed by atoms with Crippen LogP contribution in [0.3, 0.4) is 0 Å². The van der Waals surface area contributed by atoms with Crippen LogP contribution >= 0.6 is 22.6 Å². The van der Waals surface area contributed by atoms with Gasteiger partial charge in [0.25, 0.3) is 5.91 Å². The highest BCUT2D eigenvalue weighted by molar-refractivity contribution is 14.1. The lowest BCUT2D eigenvalue weighted by atomic mass is 10.1. The van der Waals surface area contributed by atoms with E-state index in [1.807, 2.05) is 55.5 Å². The van der Waals surface area contributed by atoms with Crippen molar-refractivity contribution in [1.29, 1.82) is 0 Å². The highest BCUT2D eigenvalue weighted by Crippen LogP contribution is 2.18. The normalized spacial score (nSPS) is 11.5. The number of rotatable bonds is 12. The van der Waals surface area contributed by atoms with Crippen LogP contribution in [0, 0.1) is 3.57 Å². The molecular formula is C24H31IN2O4. The molecule has 0 aliphatic rings. The Morgan fingerprint density at radius 1 is 1.03 bits per heavy atom. The number of ether oxygens (including phenoxy) is 2. The summed E-state index contributed by atoms with van der Waals surface area (Å²) in [6.45, 7) is 4.78. The summed E-state index contributed by atoms with van der Waals surface area (Å²) in [4.78, 5) is 27.6. The van der Waals surface area contributed by atoms with Gasteiger partial charge in [-0.2, -0.15) is 0 Å². The molecule has 7 heteroatoms. The lowest BCUT2D eigenvalue weighted by Crippen LogP contribution is -2.50. The average Bonchev–Trinajstić information content (AvgIpc) is 2.79. The summed E-state index contributed by atoms with van der Waals surface area (Å²) in [7, 11) is 1.61. The van der Waals surface area contributed by atoms with Crippen LogP contribution in [0.1, 0.15) is 38.7 Å². The molecular weight excluding hydrogens is 507 g/mol. The Bertz CT molecular complexity index is 824. The first-order valence-electron chi connectivity index (χ1n) is 10.6. The first-order valence-corrected chi connectivity index (χ1v) is 11.6. The second-order valence-corrected chi connectivity index (χ2v) is 8.43. The number of methoxy groups -OCH3 is 1. The maximum atomic E-state index is 13.1. The Balaban J connectivity index is 2.16. The van der Waals surface area contributed by atoms with Crippen molar-refractivity contribution in [2.75, 3.05) is 20.3 Å². The van der Waals surface area contributed by atoms with E-state index >= 15 is 0 Å². The number of halogens is 1. The maximum absolute atomic E-state index is 13.1. The topological polar surface area (TPSA) is 67.9 Å². The second-order valence-electron chi connectivity index (χ2n) is 7.18. The zero-order valence-electron chi connectivity index (χ0n) is 18.4. The Morgan fingerprint density at radius 2 is 1.68 bits per heavy atom. The number of amides is 2. The zero-order valence-corrected chi connectivity index (χ0v) is 20.6. The van der Waals surface area contributed by atoms with E-state index in [-0.39, 0.29) is 18.4 Å². The second kappa shape index (κ2) is 13.2. The van der Waals surface area contributed by atoms with E-state index in [9.17, 15) is 9.59 Å². The molecule has 2 aromatic carbocycles. The Labute approximate surface area is 198 Å². The van der Waals surface area contributed by atoms with Crippen LogP contribution in [0.15, 0.2) is 48.5 Å². The van der Waals surface area contributed by atoms with Gasteiger partial charge >= 0.3 is 0 Å². The predicted molar refractivity (Wildman–Crippen MR) is 130 cm³/mol. The molecule has 2 amide bonds. The van der Waals surface area contributed by atoms with E-state index < -0.39 is 6.04 Å². The van der Waals surface area contributed by atoms with Crippen molar-refractivity contribution in [3.63, 3.8) is 0 Å². The first-order chi connectivity index (χ1) is 15.0. The first kappa shape index (κ1) is 25.0. The molecule has 0 spiro atoms. The fourth-order valence-electron chi connectivity index (χ4n) is 3.11. The van der Waals surface area contributed by atoms with Crippen LogP contribution in [0.25, 0.3) is 0 Å². The van der Waals surface area contributed by atoms with Gasteiger partial charge < -0.3 is 19.7 Å². The maximum Gasteiger partial charge on any atom is 0.261 e. The van der Waals surface area contributed by atoms with Crippen LogP contribution in [-0.4, -0.2) is 43.0 Å². The molecule has 0 heterocycles. The van der Waals surface area contributed by atoms with Crippen molar-refractivity contribution in [2.45, 2.75) is 45.7 Å². The summed E-state index contributed by atoms with van der Waals surface area (Å²) in [5.41, 5.74) is 0.920. The number of hydrogen-bond acceptors (Lipinski definition) is 4. The van der Waals surface area contributed by atoms with Gasteiger partial charge in [0.2, 0.25) is 5.91 Å². The van der Waals surface area contributed by atoms with E-state index in [2.05, 4.69) is 34.8 Å². The molecule has 0 aliphatic carbocycles. The molecule has 0 fully saturated rings. The summed E-state index contributed by atoms with van der Waals surface area (Å²) >= 11 is 2.22. The molecule has 0 aliphatic heterocycles. The van der Waals surface area contributed by atoms with Crippen LogP contribution in [0.5, 0.6) is 11.5 Å². The molecule has 6 nitrogen and oxygen atoms in total. The van der Waals surface area contributed by atoms with Gasteiger partial charge in [-0.25, -0.2) is 0 Å². The summed E-state index contributed by atoms with van der Waals surface area (Å²) in [6.07, 6.45) is 2.42. The largest absolute Gasteiger partial charge is 0.497 e. The quantitative estimate of drug-likeness (QED) is 0.322. The van der Waals surface area contributed by atoms with Crippen LogP contribution in [-0.2, 0) is 16.1 Å². The van der Waals surface area contributed by atoms with Crippen molar-refractivity contribution < 1.29 is 19.1 Å². The van der Waals surface area contributed by atoms with Gasteiger partial charge in [0.1, 0.15) is 17.5 Å². The average molecular weight is 538 g/mol. The van der Waals surface area contributed by atoms with E-state index in [0.29, 0.717) is 25.3 Å². The summed E-state index contributed by atoms with van der Waals surface area (Å²) in [6, 6.07) is 14.4. The molecule has 0 radical (unpaired) electrons. The van der Waals surface area contributed by atoms with E-state index in [1.165, 1.54) is 0 Å². The van der Waals surface area contributed by atoms with Gasteiger partial charge in [0.05, 0.1) is 7.11 Å². The molecule has 0 unspecified atom stereocenters. The summed E-state index contributed by atoms with van der Waals surface area (Å²) in [5.74, 6) is 1.01. The van der Waals surface area contributed by atoms with Gasteiger partial charge in [-0.05, 0) is 77.4 Å². The molecule has 0 saturated carbocycles. The van der Waals surface area contributed by atoms with Gasteiger partial charge in [0.15, 0.2) is 6.61 Å². The van der Waals surface area contributed by atoms with Crippen LogP contribution in [0.4, 0.5) is 0 Å². The van der Waals surface area contributed by atoms with Crippen molar-refractivity contribution >= 4 is 34.4 Å². The lowest BCUT2D eigenvalue weighted by molar-refractivity contribution is -0.143. The highest BCUT2D eigenvalue weighted by atomic mass is 127. The Morgan fingerprint density at radius 3 is 2.26 bits per heavy atom. The van der Waals surface area contributed by atoms with Crippen molar-refractivity contribution in [2.24, 2.45) is 0 Å². The standard InChI is InChI=1S/C24H31IN2O4/c1-4-6-15-26-24(29)22(5-2)27(16-18-7-11-20(30-3)12-8-18)23(28)17-31-21-13-9-19(25)10-14-21/h7-14,22H,4-6,15-17H2,1-3H3,(H,26,29)/t22-/m0/s1. The zero-order chi connectivity index (χ0) is 22.6. The number of nitrogens with one attached hydrogen (secondary N) is 1. The van der Waals surface area contributed by atoms with Gasteiger partial charge in [-0.3, -0.25) is 9.59 Å². The third-order valence-corrected chi connectivity index (χ3v) is 5.62. The fourth-order valence-corrected chi connectivity index (χ4v) is 3.47. The van der Waals surface area contributed by atoms with Gasteiger partial charge in [0, 0.05) is 16.7 Å². The monoisotopic (exact) mass is 538 g/mol. The minimum Gasteiger partial charge on any atom is -0.497 e. The Hall–Kier alpha value is -2.29. The van der Waals surface area contributed by atoms with Crippen LogP contribution in [0.2, 0.25) is 0 Å². The minimum absolute atomic E-state index is 0.129. The minimum atomic E-state index is -0.563. The van der Waals surface area contributed by atoms with Crippen molar-refractivity contribution in [1.82, 2.24) is 10.2 Å². The molecule has 168 valence electrons. The molecule has 2 aromatic rings. The smallest absolute Gasteiger partial charge is 0.261 e. The predicted octanol–water partition coefficient (Wildman–Crippen LogP) is 4.40. The number of unbranched alkanes of at least 4 members (excludes halogenated alkanes) is 1. The fraction of sp³-hybridized carbons (Fsp3) is 0.417. The van der Waals surface area contributed by atoms with Gasteiger partial charge in [-0.1, -0.05) is 32.4 Å². The lowest BCUT2D eigenvalue weighted by Gasteiger charge is -2.30. The number of nitrogens with zero attached hydrogens (tertiary/aromatic N) is 1. The summed E-state index contributed by atoms with van der Waals surface area (Å²) in [5, 5.41) is 2.96. The van der Waals surface area contributed by atoms with E-state index in [1.54, 1.807) is 12.0 Å². The van der Waals surface area contributed by atoms with Crippen molar-refractivity contribution in [3.8, 4) is 11.5 Å². The third-order valence-electron chi connectivity index (χ3n) is 4.90. The number of carbonyl (C=O) groups excluding carboxylic acids is 2. The molecule has 0 saturated heterocycles. The number of benzene rings is 2. The molecule has 2 rings (SSSR count). The number of carbonyl (C=O) groups is 2. The van der Waals surface area contributed by atoms with Gasteiger partial charge in [-0.15, -0.1) is 0 Å². The number of hydrogen-bond donors (Lipinski definition) is 1. The highest BCUT2D eigenvalue weighted by Gasteiger charge is 2.28. The SMILES string of the molecule is CCCCNC(=O)[C@H](CC)N(Cc1ccc(OC)cc1)C(=O)COc1ccc(I)cc1.